The third-order valence-corrected chi connectivity index (χ3v) is 3.89. The smallest absolute Gasteiger partial charge is 0.324 e. The fourth-order valence-corrected chi connectivity index (χ4v) is 2.88. The van der Waals surface area contributed by atoms with Crippen molar-refractivity contribution in [2.75, 3.05) is 23.8 Å². The van der Waals surface area contributed by atoms with Crippen molar-refractivity contribution in [1.29, 1.82) is 0 Å². The number of benzene rings is 1. The largest absolute Gasteiger partial charge is 0.381 e. The number of nitrogens with one attached hydrogen (secondary N) is 2. The molecule has 0 radical (unpaired) electrons. The van der Waals surface area contributed by atoms with Gasteiger partial charge in [-0.05, 0) is 43.5 Å². The van der Waals surface area contributed by atoms with Crippen LogP contribution in [0.3, 0.4) is 0 Å². The van der Waals surface area contributed by atoms with Crippen LogP contribution in [0.2, 0.25) is 0 Å². The van der Waals surface area contributed by atoms with Crippen molar-refractivity contribution in [2.45, 2.75) is 26.8 Å². The number of rotatable bonds is 4. The summed E-state index contributed by atoms with van der Waals surface area (Å²) in [6.45, 7) is 6.34. The Morgan fingerprint density at radius 2 is 2.09 bits per heavy atom. The highest BCUT2D eigenvalue weighted by Crippen LogP contribution is 2.18. The lowest BCUT2D eigenvalue weighted by Gasteiger charge is -2.13. The lowest BCUT2D eigenvalue weighted by Crippen LogP contribution is -2.23. The topological polar surface area (TPSA) is 68.2 Å². The number of hydrogen-bond donors (Lipinski definition) is 2. The first-order chi connectivity index (χ1) is 11.1. The number of carbonyl (C=O) groups is 1. The number of urea groups is 1. The molecule has 0 unspecified atom stereocenters. The van der Waals surface area contributed by atoms with Gasteiger partial charge in [0, 0.05) is 30.8 Å². The van der Waals surface area contributed by atoms with E-state index in [1.54, 1.807) is 12.3 Å². The van der Waals surface area contributed by atoms with Gasteiger partial charge in [0.1, 0.15) is 5.82 Å². The molecule has 1 aromatic carbocycles. The first-order valence-electron chi connectivity index (χ1n) is 7.86. The number of anilines is 2. The maximum Gasteiger partial charge on any atom is 0.324 e. The monoisotopic (exact) mass is 314 g/mol. The highest BCUT2D eigenvalue weighted by Gasteiger charge is 2.18. The Balaban J connectivity index is 1.62. The van der Waals surface area contributed by atoms with Crippen LogP contribution in [0.4, 0.5) is 16.3 Å². The maximum absolute atomic E-state index is 12.2. The molecule has 23 heavy (non-hydrogen) atoms. The Bertz CT molecular complexity index is 669. The van der Waals surface area contributed by atoms with E-state index in [-0.39, 0.29) is 6.03 Å². The molecule has 6 nitrogen and oxygen atoms in total. The van der Waals surface area contributed by atoms with Gasteiger partial charge in [-0.25, -0.2) is 9.48 Å². The van der Waals surface area contributed by atoms with E-state index in [0.717, 1.165) is 43.0 Å². The highest BCUT2D eigenvalue weighted by molar-refractivity contribution is 5.99. The molecule has 0 bridgehead atoms. The van der Waals surface area contributed by atoms with Crippen LogP contribution >= 0.6 is 0 Å². The minimum Gasteiger partial charge on any atom is -0.381 e. The van der Waals surface area contributed by atoms with Gasteiger partial charge in [-0.2, -0.15) is 5.10 Å². The molecule has 1 aromatic heterocycles. The number of ether oxygens (including phenoxy) is 1. The van der Waals surface area contributed by atoms with Gasteiger partial charge in [0.2, 0.25) is 0 Å². The molecular formula is C17H22N4O2. The molecule has 0 aliphatic carbocycles. The van der Waals surface area contributed by atoms with Crippen molar-refractivity contribution in [1.82, 2.24) is 9.78 Å². The molecule has 1 aliphatic rings. The van der Waals surface area contributed by atoms with Gasteiger partial charge in [0.15, 0.2) is 0 Å². The maximum atomic E-state index is 12.2. The number of aromatic nitrogens is 2. The SMILES string of the molecule is Cc1cc(C)cc(NC(=O)Nc2ccnn2C[C@H]2CCOC2)c1. The predicted octanol–water partition coefficient (Wildman–Crippen LogP) is 3.18. The Morgan fingerprint density at radius 1 is 1.30 bits per heavy atom. The van der Waals surface area contributed by atoms with E-state index in [1.165, 1.54) is 0 Å². The standard InChI is InChI=1S/C17H22N4O2/c1-12-7-13(2)9-15(8-12)19-17(22)20-16-3-5-18-21(16)10-14-4-6-23-11-14/h3,5,7-9,14H,4,6,10-11H2,1-2H3,(H2,19,20,22)/t14-/m1/s1. The molecule has 122 valence electrons. The van der Waals surface area contributed by atoms with Crippen LogP contribution in [0, 0.1) is 19.8 Å². The summed E-state index contributed by atoms with van der Waals surface area (Å²) in [6, 6.07) is 7.50. The second-order valence-electron chi connectivity index (χ2n) is 6.08. The van der Waals surface area contributed by atoms with Gasteiger partial charge in [-0.15, -0.1) is 0 Å². The van der Waals surface area contributed by atoms with E-state index in [0.29, 0.717) is 11.7 Å². The van der Waals surface area contributed by atoms with Crippen molar-refractivity contribution in [3.63, 3.8) is 0 Å². The Hall–Kier alpha value is -2.34. The van der Waals surface area contributed by atoms with Crippen molar-refractivity contribution in [3.8, 4) is 0 Å². The Labute approximate surface area is 135 Å². The molecule has 2 heterocycles. The third kappa shape index (κ3) is 4.10. The Kier molecular flexibility index (Phi) is 4.62. The van der Waals surface area contributed by atoms with E-state index < -0.39 is 0 Å². The van der Waals surface area contributed by atoms with Gasteiger partial charge >= 0.3 is 6.03 Å². The summed E-state index contributed by atoms with van der Waals surface area (Å²) >= 11 is 0. The summed E-state index contributed by atoms with van der Waals surface area (Å²) in [5.41, 5.74) is 3.02. The number of amides is 2. The molecule has 2 aromatic rings. The molecule has 2 amide bonds. The lowest BCUT2D eigenvalue weighted by atomic mass is 10.1. The van der Waals surface area contributed by atoms with Crippen molar-refractivity contribution in [2.24, 2.45) is 5.92 Å². The first kappa shape index (κ1) is 15.6. The van der Waals surface area contributed by atoms with Gasteiger partial charge in [-0.3, -0.25) is 5.32 Å². The zero-order chi connectivity index (χ0) is 16.2. The molecule has 1 saturated heterocycles. The fourth-order valence-electron chi connectivity index (χ4n) is 2.88. The summed E-state index contributed by atoms with van der Waals surface area (Å²) < 4.78 is 7.21. The number of carbonyl (C=O) groups excluding carboxylic acids is 1. The van der Waals surface area contributed by atoms with E-state index in [4.69, 9.17) is 4.74 Å². The van der Waals surface area contributed by atoms with Gasteiger partial charge in [0.05, 0.1) is 12.8 Å². The van der Waals surface area contributed by atoms with Gasteiger partial charge in [-0.1, -0.05) is 6.07 Å². The molecule has 3 rings (SSSR count). The van der Waals surface area contributed by atoms with Crippen molar-refractivity contribution >= 4 is 17.5 Å². The molecule has 6 heteroatoms. The summed E-state index contributed by atoms with van der Waals surface area (Å²) in [5, 5.41) is 10.0. The van der Waals surface area contributed by atoms with E-state index >= 15 is 0 Å². The third-order valence-electron chi connectivity index (χ3n) is 3.89. The number of nitrogens with zero attached hydrogens (tertiary/aromatic N) is 2. The fraction of sp³-hybridized carbons (Fsp3) is 0.412. The van der Waals surface area contributed by atoms with E-state index in [2.05, 4.69) is 21.8 Å². The van der Waals surface area contributed by atoms with Crippen LogP contribution in [0.1, 0.15) is 17.5 Å². The van der Waals surface area contributed by atoms with Crippen LogP contribution in [-0.2, 0) is 11.3 Å². The minimum absolute atomic E-state index is 0.264. The average Bonchev–Trinajstić information content (AvgIpc) is 3.11. The molecule has 2 N–H and O–H groups in total. The summed E-state index contributed by atoms with van der Waals surface area (Å²) in [6.07, 6.45) is 2.73. The molecule has 1 aliphatic heterocycles. The molecular weight excluding hydrogens is 292 g/mol. The molecule has 1 fully saturated rings. The summed E-state index contributed by atoms with van der Waals surface area (Å²) in [5.74, 6) is 1.15. The van der Waals surface area contributed by atoms with E-state index in [1.807, 2.05) is 30.7 Å². The van der Waals surface area contributed by atoms with E-state index in [9.17, 15) is 4.79 Å². The van der Waals surface area contributed by atoms with Crippen LogP contribution < -0.4 is 10.6 Å². The molecule has 0 saturated carbocycles. The average molecular weight is 314 g/mol. The normalized spacial score (nSPS) is 17.2. The molecule has 0 spiro atoms. The zero-order valence-electron chi connectivity index (χ0n) is 13.5. The second-order valence-corrected chi connectivity index (χ2v) is 6.08. The summed E-state index contributed by atoms with van der Waals surface area (Å²) in [4.78, 5) is 12.2. The van der Waals surface area contributed by atoms with Crippen LogP contribution in [0.25, 0.3) is 0 Å². The first-order valence-corrected chi connectivity index (χ1v) is 7.86. The Morgan fingerprint density at radius 3 is 2.78 bits per heavy atom. The number of hydrogen-bond acceptors (Lipinski definition) is 3. The van der Waals surface area contributed by atoms with Gasteiger partial charge in [0.25, 0.3) is 0 Å². The second kappa shape index (κ2) is 6.83. The number of aryl methyl sites for hydroxylation is 2. The van der Waals surface area contributed by atoms with Crippen molar-refractivity contribution in [3.05, 3.63) is 41.6 Å². The van der Waals surface area contributed by atoms with Gasteiger partial charge < -0.3 is 10.1 Å². The highest BCUT2D eigenvalue weighted by atomic mass is 16.5. The van der Waals surface area contributed by atoms with Crippen molar-refractivity contribution < 1.29 is 9.53 Å². The van der Waals surface area contributed by atoms with Crippen LogP contribution in [0.15, 0.2) is 30.5 Å². The zero-order valence-corrected chi connectivity index (χ0v) is 13.5. The quantitative estimate of drug-likeness (QED) is 0.910. The van der Waals surface area contributed by atoms with Crippen LogP contribution in [0.5, 0.6) is 0 Å². The minimum atomic E-state index is -0.264. The summed E-state index contributed by atoms with van der Waals surface area (Å²) in [7, 11) is 0. The lowest BCUT2D eigenvalue weighted by molar-refractivity contribution is 0.181. The predicted molar refractivity (Wildman–Crippen MR) is 89.7 cm³/mol. The van der Waals surface area contributed by atoms with Crippen LogP contribution in [-0.4, -0.2) is 29.0 Å². The molecule has 1 atom stereocenters.